The van der Waals surface area contributed by atoms with Gasteiger partial charge >= 0.3 is 0 Å². The van der Waals surface area contributed by atoms with E-state index in [9.17, 15) is 0 Å². The topological polar surface area (TPSA) is 9.23 Å². The summed E-state index contributed by atoms with van der Waals surface area (Å²) in [6.45, 7) is 0.549. The molecule has 82 valence electrons. The highest BCUT2D eigenvalue weighted by Gasteiger charge is 1.96. The number of hydrogen-bond donors (Lipinski definition) is 0. The van der Waals surface area contributed by atoms with Crippen molar-refractivity contribution in [1.29, 1.82) is 0 Å². The van der Waals surface area contributed by atoms with Crippen LogP contribution in [0.2, 0.25) is 5.02 Å². The summed E-state index contributed by atoms with van der Waals surface area (Å²) in [5.74, 6) is 0.787. The maximum atomic E-state index is 5.86. The van der Waals surface area contributed by atoms with Crippen molar-refractivity contribution in [3.63, 3.8) is 0 Å². The summed E-state index contributed by atoms with van der Waals surface area (Å²) < 4.78 is 6.68. The molecule has 0 atom stereocenters. The van der Waals surface area contributed by atoms with Gasteiger partial charge in [-0.05, 0) is 35.9 Å². The van der Waals surface area contributed by atoms with Crippen molar-refractivity contribution in [3.05, 3.63) is 63.6 Å². The summed E-state index contributed by atoms with van der Waals surface area (Å²) in [4.78, 5) is 0. The molecule has 2 aromatic rings. The molecule has 0 N–H and O–H groups in total. The van der Waals surface area contributed by atoms with Crippen LogP contribution in [0.4, 0.5) is 0 Å². The van der Waals surface area contributed by atoms with Crippen LogP contribution in [0.1, 0.15) is 5.56 Å². The van der Waals surface area contributed by atoms with Crippen molar-refractivity contribution >= 4 is 27.5 Å². The minimum atomic E-state index is 0.549. The van der Waals surface area contributed by atoms with E-state index in [1.165, 1.54) is 0 Å². The van der Waals surface area contributed by atoms with Gasteiger partial charge in [-0.15, -0.1) is 0 Å². The van der Waals surface area contributed by atoms with Crippen molar-refractivity contribution in [3.8, 4) is 5.75 Å². The van der Waals surface area contributed by atoms with Gasteiger partial charge in [-0.1, -0.05) is 45.7 Å². The van der Waals surface area contributed by atoms with E-state index in [0.29, 0.717) is 11.6 Å². The molecule has 0 aromatic heterocycles. The van der Waals surface area contributed by atoms with Crippen LogP contribution in [0.3, 0.4) is 0 Å². The molecule has 2 rings (SSSR count). The molecule has 2 aromatic carbocycles. The lowest BCUT2D eigenvalue weighted by Gasteiger charge is -2.06. The first kappa shape index (κ1) is 11.5. The summed E-state index contributed by atoms with van der Waals surface area (Å²) in [6.07, 6.45) is 0. The summed E-state index contributed by atoms with van der Waals surface area (Å²) in [6, 6.07) is 15.4. The van der Waals surface area contributed by atoms with Gasteiger partial charge in [-0.3, -0.25) is 0 Å². The lowest BCUT2D eigenvalue weighted by Crippen LogP contribution is -1.94. The average Bonchev–Trinajstić information content (AvgIpc) is 2.28. The van der Waals surface area contributed by atoms with E-state index in [2.05, 4.69) is 15.9 Å². The van der Waals surface area contributed by atoms with Gasteiger partial charge in [0.25, 0.3) is 0 Å². The van der Waals surface area contributed by atoms with Crippen molar-refractivity contribution in [2.45, 2.75) is 6.61 Å². The molecule has 0 saturated carbocycles. The van der Waals surface area contributed by atoms with Gasteiger partial charge in [-0.2, -0.15) is 0 Å². The number of ether oxygens (including phenoxy) is 1. The maximum Gasteiger partial charge on any atom is 0.121 e. The Morgan fingerprint density at radius 1 is 1.06 bits per heavy atom. The maximum absolute atomic E-state index is 5.86. The van der Waals surface area contributed by atoms with Crippen molar-refractivity contribution < 1.29 is 4.74 Å². The van der Waals surface area contributed by atoms with E-state index in [0.717, 1.165) is 15.8 Å². The number of benzene rings is 2. The molecule has 0 spiro atoms. The predicted octanol–water partition coefficient (Wildman–Crippen LogP) is 4.68. The Balaban J connectivity index is 1.99. The van der Waals surface area contributed by atoms with Crippen LogP contribution >= 0.6 is 27.5 Å². The quantitative estimate of drug-likeness (QED) is 0.799. The fourth-order valence-electron chi connectivity index (χ4n) is 1.30. The zero-order chi connectivity index (χ0) is 11.4. The zero-order valence-electron chi connectivity index (χ0n) is 8.49. The third-order valence-electron chi connectivity index (χ3n) is 2.11. The fourth-order valence-corrected chi connectivity index (χ4v) is 1.75. The highest BCUT2D eigenvalue weighted by molar-refractivity contribution is 9.10. The van der Waals surface area contributed by atoms with Crippen LogP contribution in [0.25, 0.3) is 0 Å². The molecule has 0 fully saturated rings. The van der Waals surface area contributed by atoms with Crippen LogP contribution in [-0.4, -0.2) is 0 Å². The molecule has 0 saturated heterocycles. The molecule has 3 heteroatoms. The normalized spacial score (nSPS) is 10.1. The van der Waals surface area contributed by atoms with Gasteiger partial charge in [0.15, 0.2) is 0 Å². The SMILES string of the molecule is Clc1cccc(OCc2ccc(Br)cc2)c1. The zero-order valence-corrected chi connectivity index (χ0v) is 10.8. The second kappa shape index (κ2) is 5.37. The summed E-state index contributed by atoms with van der Waals surface area (Å²) in [5.41, 5.74) is 1.13. The molecular weight excluding hydrogens is 287 g/mol. The standard InChI is InChI=1S/C13H10BrClO/c14-11-6-4-10(5-7-11)9-16-13-3-1-2-12(15)8-13/h1-8H,9H2. The second-order valence-corrected chi connectivity index (χ2v) is 4.72. The number of hydrogen-bond acceptors (Lipinski definition) is 1. The Morgan fingerprint density at radius 3 is 2.50 bits per heavy atom. The van der Waals surface area contributed by atoms with Gasteiger partial charge in [-0.25, -0.2) is 0 Å². The second-order valence-electron chi connectivity index (χ2n) is 3.37. The molecule has 16 heavy (non-hydrogen) atoms. The molecular formula is C13H10BrClO. The molecule has 0 radical (unpaired) electrons. The predicted molar refractivity (Wildman–Crippen MR) is 69.9 cm³/mol. The van der Waals surface area contributed by atoms with Gasteiger partial charge in [0, 0.05) is 9.50 Å². The molecule has 0 unspecified atom stereocenters. The molecule has 0 aliphatic rings. The molecule has 0 heterocycles. The van der Waals surface area contributed by atoms with Crippen molar-refractivity contribution in [2.24, 2.45) is 0 Å². The number of rotatable bonds is 3. The van der Waals surface area contributed by atoms with Crippen LogP contribution < -0.4 is 4.74 Å². The third kappa shape index (κ3) is 3.26. The Morgan fingerprint density at radius 2 is 1.81 bits per heavy atom. The van der Waals surface area contributed by atoms with E-state index in [1.807, 2.05) is 42.5 Å². The van der Waals surface area contributed by atoms with E-state index >= 15 is 0 Å². The molecule has 0 bridgehead atoms. The molecule has 1 nitrogen and oxygen atoms in total. The van der Waals surface area contributed by atoms with E-state index in [-0.39, 0.29) is 0 Å². The van der Waals surface area contributed by atoms with Gasteiger partial charge in [0.1, 0.15) is 12.4 Å². The van der Waals surface area contributed by atoms with Crippen LogP contribution in [0, 0.1) is 0 Å². The van der Waals surface area contributed by atoms with Gasteiger partial charge in [0.05, 0.1) is 0 Å². The molecule has 0 amide bonds. The Bertz CT molecular complexity index is 468. The molecule has 0 aliphatic carbocycles. The monoisotopic (exact) mass is 296 g/mol. The minimum Gasteiger partial charge on any atom is -0.489 e. The fraction of sp³-hybridized carbons (Fsp3) is 0.0769. The lowest BCUT2D eigenvalue weighted by molar-refractivity contribution is 0.306. The first-order chi connectivity index (χ1) is 7.74. The van der Waals surface area contributed by atoms with E-state index in [4.69, 9.17) is 16.3 Å². The van der Waals surface area contributed by atoms with E-state index in [1.54, 1.807) is 6.07 Å². The van der Waals surface area contributed by atoms with Crippen molar-refractivity contribution in [2.75, 3.05) is 0 Å². The average molecular weight is 298 g/mol. The summed E-state index contributed by atoms with van der Waals surface area (Å²) >= 11 is 9.25. The van der Waals surface area contributed by atoms with E-state index < -0.39 is 0 Å². The summed E-state index contributed by atoms with van der Waals surface area (Å²) in [5, 5.41) is 0.688. The van der Waals surface area contributed by atoms with Crippen LogP contribution in [-0.2, 0) is 6.61 Å². The van der Waals surface area contributed by atoms with Crippen LogP contribution in [0.15, 0.2) is 53.0 Å². The van der Waals surface area contributed by atoms with Crippen molar-refractivity contribution in [1.82, 2.24) is 0 Å². The third-order valence-corrected chi connectivity index (χ3v) is 2.88. The van der Waals surface area contributed by atoms with Gasteiger partial charge < -0.3 is 4.74 Å². The van der Waals surface area contributed by atoms with Gasteiger partial charge in [0.2, 0.25) is 0 Å². The Kier molecular flexibility index (Phi) is 3.86. The summed E-state index contributed by atoms with van der Waals surface area (Å²) in [7, 11) is 0. The Hall–Kier alpha value is -0.990. The highest BCUT2D eigenvalue weighted by atomic mass is 79.9. The highest BCUT2D eigenvalue weighted by Crippen LogP contribution is 2.18. The molecule has 0 aliphatic heterocycles. The first-order valence-electron chi connectivity index (χ1n) is 4.87. The minimum absolute atomic E-state index is 0.549. The largest absolute Gasteiger partial charge is 0.489 e. The lowest BCUT2D eigenvalue weighted by atomic mass is 10.2. The smallest absolute Gasteiger partial charge is 0.121 e. The first-order valence-corrected chi connectivity index (χ1v) is 6.04. The number of halogens is 2. The van der Waals surface area contributed by atoms with Crippen LogP contribution in [0.5, 0.6) is 5.75 Å². The Labute approximate surface area is 108 Å².